The lowest BCUT2D eigenvalue weighted by molar-refractivity contribution is 0.286. The summed E-state index contributed by atoms with van der Waals surface area (Å²) >= 11 is 3.58. The summed E-state index contributed by atoms with van der Waals surface area (Å²) in [5, 5.41) is 3.24. The van der Waals surface area contributed by atoms with Crippen LogP contribution in [-0.2, 0) is 11.0 Å². The third-order valence-electron chi connectivity index (χ3n) is 3.22. The monoisotopic (exact) mass is 318 g/mol. The number of rotatable bonds is 1. The van der Waals surface area contributed by atoms with Gasteiger partial charge in [0, 0.05) is 17.6 Å². The molecule has 1 fully saturated rings. The van der Waals surface area contributed by atoms with Gasteiger partial charge in [0.05, 0.1) is 5.54 Å². The molecule has 0 saturated carbocycles. The van der Waals surface area contributed by atoms with Crippen LogP contribution in [0.15, 0.2) is 22.7 Å². The molecule has 96 valence electrons. The van der Waals surface area contributed by atoms with Crippen LogP contribution in [0.2, 0.25) is 0 Å². The van der Waals surface area contributed by atoms with Crippen molar-refractivity contribution >= 4 is 28.3 Å². The second-order valence-corrected chi connectivity index (χ2v) is 6.65. The standard InChI is InChI=1S/C13H19BrN2.ClH/c1-12(2,3)9-4-10(6-11(14)5-9)13(15)7-16-8-13;/h4-6,16H,7-8,15H2,1-3H3;1H. The third-order valence-corrected chi connectivity index (χ3v) is 3.68. The van der Waals surface area contributed by atoms with E-state index in [4.69, 9.17) is 5.73 Å². The molecule has 0 atom stereocenters. The average Bonchev–Trinajstić information content (AvgIpc) is 2.11. The zero-order chi connectivity index (χ0) is 12.0. The Morgan fingerprint density at radius 2 is 1.82 bits per heavy atom. The smallest absolute Gasteiger partial charge is 0.0662 e. The van der Waals surface area contributed by atoms with Crippen LogP contribution < -0.4 is 11.1 Å². The topological polar surface area (TPSA) is 38.0 Å². The maximum Gasteiger partial charge on any atom is 0.0662 e. The molecular formula is C13H20BrClN2. The first-order chi connectivity index (χ1) is 7.31. The van der Waals surface area contributed by atoms with Crippen molar-refractivity contribution in [3.63, 3.8) is 0 Å². The molecule has 4 heteroatoms. The Morgan fingerprint density at radius 1 is 1.24 bits per heavy atom. The normalized spacial score (nSPS) is 18.2. The summed E-state index contributed by atoms with van der Waals surface area (Å²) in [7, 11) is 0. The predicted octanol–water partition coefficient (Wildman–Crippen LogP) is 2.93. The van der Waals surface area contributed by atoms with Gasteiger partial charge in [0.25, 0.3) is 0 Å². The largest absolute Gasteiger partial charge is 0.319 e. The molecule has 1 aliphatic rings. The molecule has 3 N–H and O–H groups in total. The quantitative estimate of drug-likeness (QED) is 0.835. The summed E-state index contributed by atoms with van der Waals surface area (Å²) in [5.74, 6) is 0. The predicted molar refractivity (Wildman–Crippen MR) is 78.8 cm³/mol. The molecule has 1 aromatic rings. The molecular weight excluding hydrogens is 300 g/mol. The van der Waals surface area contributed by atoms with Crippen molar-refractivity contribution in [2.75, 3.05) is 13.1 Å². The lowest BCUT2D eigenvalue weighted by Crippen LogP contribution is -2.62. The molecule has 17 heavy (non-hydrogen) atoms. The van der Waals surface area contributed by atoms with Gasteiger partial charge in [-0.15, -0.1) is 12.4 Å². The van der Waals surface area contributed by atoms with E-state index in [9.17, 15) is 0 Å². The molecule has 2 nitrogen and oxygen atoms in total. The number of nitrogens with one attached hydrogen (secondary N) is 1. The zero-order valence-corrected chi connectivity index (χ0v) is 12.9. The van der Waals surface area contributed by atoms with Crippen molar-refractivity contribution in [1.82, 2.24) is 5.32 Å². The van der Waals surface area contributed by atoms with Crippen molar-refractivity contribution in [2.24, 2.45) is 5.73 Å². The van der Waals surface area contributed by atoms with E-state index in [0.717, 1.165) is 17.6 Å². The van der Waals surface area contributed by atoms with Crippen LogP contribution in [0.5, 0.6) is 0 Å². The Labute approximate surface area is 118 Å². The molecule has 1 aromatic carbocycles. The molecule has 1 aliphatic heterocycles. The Bertz CT molecular complexity index is 408. The lowest BCUT2D eigenvalue weighted by atomic mass is 9.80. The second-order valence-electron chi connectivity index (χ2n) is 5.74. The van der Waals surface area contributed by atoms with Crippen LogP contribution in [-0.4, -0.2) is 13.1 Å². The fourth-order valence-corrected chi connectivity index (χ4v) is 2.40. The van der Waals surface area contributed by atoms with Crippen molar-refractivity contribution in [3.05, 3.63) is 33.8 Å². The van der Waals surface area contributed by atoms with E-state index in [2.05, 4.69) is 60.2 Å². The van der Waals surface area contributed by atoms with Gasteiger partial charge in [-0.05, 0) is 28.7 Å². The molecule has 1 saturated heterocycles. The van der Waals surface area contributed by atoms with E-state index in [1.165, 1.54) is 11.1 Å². The van der Waals surface area contributed by atoms with E-state index in [1.54, 1.807) is 0 Å². The lowest BCUT2D eigenvalue weighted by Gasteiger charge is -2.40. The Balaban J connectivity index is 0.00000144. The van der Waals surface area contributed by atoms with Crippen molar-refractivity contribution in [2.45, 2.75) is 31.7 Å². The molecule has 0 unspecified atom stereocenters. The highest BCUT2D eigenvalue weighted by molar-refractivity contribution is 9.10. The van der Waals surface area contributed by atoms with E-state index in [1.807, 2.05) is 0 Å². The van der Waals surface area contributed by atoms with Crippen LogP contribution in [0.25, 0.3) is 0 Å². The second kappa shape index (κ2) is 4.88. The van der Waals surface area contributed by atoms with E-state index >= 15 is 0 Å². The van der Waals surface area contributed by atoms with E-state index < -0.39 is 0 Å². The summed E-state index contributed by atoms with van der Waals surface area (Å²) in [6, 6.07) is 6.56. The molecule has 0 aliphatic carbocycles. The SMILES string of the molecule is CC(C)(C)c1cc(Br)cc(C2(N)CNC2)c1.Cl. The van der Waals surface area contributed by atoms with Crippen LogP contribution in [0.3, 0.4) is 0 Å². The zero-order valence-electron chi connectivity index (χ0n) is 10.5. The van der Waals surface area contributed by atoms with Crippen molar-refractivity contribution in [3.8, 4) is 0 Å². The Kier molecular flexibility index (Phi) is 4.30. The van der Waals surface area contributed by atoms with Gasteiger partial charge in [0.1, 0.15) is 0 Å². The maximum absolute atomic E-state index is 6.32. The van der Waals surface area contributed by atoms with Gasteiger partial charge in [-0.1, -0.05) is 42.8 Å². The van der Waals surface area contributed by atoms with Crippen LogP contribution >= 0.6 is 28.3 Å². The van der Waals surface area contributed by atoms with Crippen LogP contribution in [0.1, 0.15) is 31.9 Å². The Morgan fingerprint density at radius 3 is 2.24 bits per heavy atom. The minimum Gasteiger partial charge on any atom is -0.319 e. The molecule has 0 aromatic heterocycles. The fourth-order valence-electron chi connectivity index (χ4n) is 1.91. The first kappa shape index (κ1) is 15.0. The molecule has 0 bridgehead atoms. The van der Waals surface area contributed by atoms with Gasteiger partial charge in [0.2, 0.25) is 0 Å². The molecule has 1 heterocycles. The first-order valence-electron chi connectivity index (χ1n) is 5.62. The van der Waals surface area contributed by atoms with Gasteiger partial charge in [-0.2, -0.15) is 0 Å². The molecule has 0 spiro atoms. The van der Waals surface area contributed by atoms with Crippen LogP contribution in [0, 0.1) is 0 Å². The van der Waals surface area contributed by atoms with Gasteiger partial charge in [-0.3, -0.25) is 0 Å². The third kappa shape index (κ3) is 3.02. The molecule has 2 rings (SSSR count). The van der Waals surface area contributed by atoms with Gasteiger partial charge >= 0.3 is 0 Å². The Hall–Kier alpha value is -0.0900. The molecule has 0 amide bonds. The van der Waals surface area contributed by atoms with Gasteiger partial charge in [-0.25, -0.2) is 0 Å². The molecule has 0 radical (unpaired) electrons. The fraction of sp³-hybridized carbons (Fsp3) is 0.538. The van der Waals surface area contributed by atoms with Crippen molar-refractivity contribution in [1.29, 1.82) is 0 Å². The number of nitrogens with two attached hydrogens (primary N) is 1. The van der Waals surface area contributed by atoms with Gasteiger partial charge in [0.15, 0.2) is 0 Å². The van der Waals surface area contributed by atoms with E-state index in [0.29, 0.717) is 0 Å². The van der Waals surface area contributed by atoms with Crippen LogP contribution in [0.4, 0.5) is 0 Å². The maximum atomic E-state index is 6.32. The minimum absolute atomic E-state index is 0. The summed E-state index contributed by atoms with van der Waals surface area (Å²) in [6.07, 6.45) is 0. The summed E-state index contributed by atoms with van der Waals surface area (Å²) in [4.78, 5) is 0. The number of hydrogen-bond donors (Lipinski definition) is 2. The number of hydrogen-bond acceptors (Lipinski definition) is 2. The van der Waals surface area contributed by atoms with Crippen molar-refractivity contribution < 1.29 is 0 Å². The summed E-state index contributed by atoms with van der Waals surface area (Å²) in [5.41, 5.74) is 8.86. The highest BCUT2D eigenvalue weighted by atomic mass is 79.9. The van der Waals surface area contributed by atoms with Gasteiger partial charge < -0.3 is 11.1 Å². The average molecular weight is 320 g/mol. The van der Waals surface area contributed by atoms with E-state index in [-0.39, 0.29) is 23.4 Å². The number of benzene rings is 1. The highest BCUT2D eigenvalue weighted by Gasteiger charge is 2.35. The summed E-state index contributed by atoms with van der Waals surface area (Å²) < 4.78 is 1.12. The highest BCUT2D eigenvalue weighted by Crippen LogP contribution is 2.31. The summed E-state index contributed by atoms with van der Waals surface area (Å²) in [6.45, 7) is 8.41. The minimum atomic E-state index is -0.177. The first-order valence-corrected chi connectivity index (χ1v) is 6.42. The number of halogens is 2.